The Morgan fingerprint density at radius 1 is 1.33 bits per heavy atom. The number of likely N-dealkylation sites (N-methyl/N-ethyl adjacent to an activating group) is 1. The smallest absolute Gasteiger partial charge is 0.176 e. The van der Waals surface area contributed by atoms with Crippen molar-refractivity contribution >= 4 is 0 Å². The highest BCUT2D eigenvalue weighted by Gasteiger charge is 2.14. The molecule has 0 bridgehead atoms. The molecule has 0 aliphatic carbocycles. The number of nitrogens with zero attached hydrogens (tertiary/aromatic N) is 4. The molecule has 0 fully saturated rings. The first-order valence-electron chi connectivity index (χ1n) is 5.90. The van der Waals surface area contributed by atoms with Crippen molar-refractivity contribution in [2.45, 2.75) is 19.4 Å². The van der Waals surface area contributed by atoms with Gasteiger partial charge in [0.05, 0.1) is 7.05 Å². The Balaban J connectivity index is 2.14. The van der Waals surface area contributed by atoms with Crippen molar-refractivity contribution in [1.82, 2.24) is 25.5 Å². The Bertz CT molecular complexity index is 493. The summed E-state index contributed by atoms with van der Waals surface area (Å²) in [6, 6.07) is 6.55. The Morgan fingerprint density at radius 2 is 2.06 bits per heavy atom. The van der Waals surface area contributed by atoms with Crippen LogP contribution in [0.4, 0.5) is 4.39 Å². The molecule has 1 unspecified atom stereocenters. The van der Waals surface area contributed by atoms with Crippen molar-refractivity contribution in [2.75, 3.05) is 6.54 Å². The number of aromatic nitrogens is 4. The molecule has 1 aromatic heterocycles. The molecule has 96 valence electrons. The minimum atomic E-state index is -0.230. The number of hydrogen-bond donors (Lipinski definition) is 1. The van der Waals surface area contributed by atoms with Crippen LogP contribution in [0.25, 0.3) is 0 Å². The van der Waals surface area contributed by atoms with Gasteiger partial charge in [-0.05, 0) is 29.5 Å². The number of hydrogen-bond acceptors (Lipinski definition) is 4. The van der Waals surface area contributed by atoms with Crippen molar-refractivity contribution in [1.29, 1.82) is 0 Å². The lowest BCUT2D eigenvalue weighted by atomic mass is 10.0. The van der Waals surface area contributed by atoms with Crippen LogP contribution >= 0.6 is 0 Å². The van der Waals surface area contributed by atoms with E-state index in [1.807, 2.05) is 6.92 Å². The average Bonchev–Trinajstić information content (AvgIpc) is 2.75. The van der Waals surface area contributed by atoms with Gasteiger partial charge in [-0.3, -0.25) is 0 Å². The second-order valence-electron chi connectivity index (χ2n) is 4.06. The van der Waals surface area contributed by atoms with E-state index in [1.165, 1.54) is 16.9 Å². The first kappa shape index (κ1) is 12.6. The molecule has 18 heavy (non-hydrogen) atoms. The number of tetrazole rings is 1. The van der Waals surface area contributed by atoms with Gasteiger partial charge in [0.2, 0.25) is 0 Å². The van der Waals surface area contributed by atoms with Crippen LogP contribution in [0.5, 0.6) is 0 Å². The van der Waals surface area contributed by atoms with Crippen LogP contribution in [0.15, 0.2) is 24.3 Å². The molecule has 5 nitrogen and oxygen atoms in total. The normalized spacial score (nSPS) is 12.6. The van der Waals surface area contributed by atoms with Crippen LogP contribution in [-0.4, -0.2) is 26.8 Å². The van der Waals surface area contributed by atoms with E-state index < -0.39 is 0 Å². The topological polar surface area (TPSA) is 55.6 Å². The van der Waals surface area contributed by atoms with E-state index >= 15 is 0 Å². The highest BCUT2D eigenvalue weighted by atomic mass is 19.1. The van der Waals surface area contributed by atoms with Crippen LogP contribution < -0.4 is 5.32 Å². The first-order valence-corrected chi connectivity index (χ1v) is 5.90. The number of rotatable bonds is 5. The summed E-state index contributed by atoms with van der Waals surface area (Å²) in [4.78, 5) is 1.43. The third-order valence-electron chi connectivity index (χ3n) is 2.66. The van der Waals surface area contributed by atoms with Gasteiger partial charge in [-0.2, -0.15) is 4.80 Å². The molecule has 2 aromatic rings. The molecule has 0 radical (unpaired) electrons. The summed E-state index contributed by atoms with van der Waals surface area (Å²) < 4.78 is 12.9. The highest BCUT2D eigenvalue weighted by molar-refractivity contribution is 5.20. The molecule has 0 aliphatic rings. The predicted octanol–water partition coefficient (Wildman–Crippen LogP) is 1.24. The third kappa shape index (κ3) is 3.10. The van der Waals surface area contributed by atoms with E-state index in [1.54, 1.807) is 19.2 Å². The highest BCUT2D eigenvalue weighted by Crippen LogP contribution is 2.16. The van der Waals surface area contributed by atoms with Crippen LogP contribution in [-0.2, 0) is 13.5 Å². The molecule has 2 rings (SSSR count). The van der Waals surface area contributed by atoms with E-state index in [9.17, 15) is 4.39 Å². The van der Waals surface area contributed by atoms with Gasteiger partial charge in [0.25, 0.3) is 0 Å². The van der Waals surface area contributed by atoms with Crippen molar-refractivity contribution in [2.24, 2.45) is 7.05 Å². The number of benzene rings is 1. The van der Waals surface area contributed by atoms with Crippen LogP contribution in [0, 0.1) is 5.82 Å². The van der Waals surface area contributed by atoms with Crippen molar-refractivity contribution in [3.63, 3.8) is 0 Å². The predicted molar refractivity (Wildman–Crippen MR) is 65.3 cm³/mol. The zero-order valence-corrected chi connectivity index (χ0v) is 10.5. The lowest BCUT2D eigenvalue weighted by molar-refractivity contribution is 0.533. The van der Waals surface area contributed by atoms with Crippen molar-refractivity contribution in [3.05, 3.63) is 41.5 Å². The van der Waals surface area contributed by atoms with E-state index in [0.717, 1.165) is 12.1 Å². The average molecular weight is 249 g/mol. The Morgan fingerprint density at radius 3 is 2.61 bits per heavy atom. The van der Waals surface area contributed by atoms with Gasteiger partial charge >= 0.3 is 0 Å². The molecule has 1 aromatic carbocycles. The standard InChI is InChI=1S/C12H16FN5/c1-3-14-11(8-12-15-17-18(2)16-12)9-4-6-10(13)7-5-9/h4-7,11,14H,3,8H2,1-2H3. The second-order valence-corrected chi connectivity index (χ2v) is 4.06. The molecule has 1 heterocycles. The minimum absolute atomic E-state index is 0.0693. The van der Waals surface area contributed by atoms with Gasteiger partial charge < -0.3 is 5.32 Å². The molecule has 0 saturated carbocycles. The fourth-order valence-corrected chi connectivity index (χ4v) is 1.84. The molecule has 1 N–H and O–H groups in total. The molecular weight excluding hydrogens is 233 g/mol. The molecule has 6 heteroatoms. The number of aryl methyl sites for hydroxylation is 1. The fourth-order valence-electron chi connectivity index (χ4n) is 1.84. The largest absolute Gasteiger partial charge is 0.310 e. The van der Waals surface area contributed by atoms with E-state index in [4.69, 9.17) is 0 Å². The Labute approximate surface area is 105 Å². The summed E-state index contributed by atoms with van der Waals surface area (Å²) in [5.74, 6) is 0.444. The summed E-state index contributed by atoms with van der Waals surface area (Å²) in [6.45, 7) is 2.85. The maximum Gasteiger partial charge on any atom is 0.176 e. The molecular formula is C12H16FN5. The van der Waals surface area contributed by atoms with Crippen molar-refractivity contribution in [3.8, 4) is 0 Å². The maximum absolute atomic E-state index is 12.9. The fraction of sp³-hybridized carbons (Fsp3) is 0.417. The van der Waals surface area contributed by atoms with E-state index in [2.05, 4.69) is 20.7 Å². The summed E-state index contributed by atoms with van der Waals surface area (Å²) in [6.07, 6.45) is 0.632. The molecule has 0 aliphatic heterocycles. The number of halogens is 1. The quantitative estimate of drug-likeness (QED) is 0.866. The first-order chi connectivity index (χ1) is 8.69. The third-order valence-corrected chi connectivity index (χ3v) is 2.66. The van der Waals surface area contributed by atoms with E-state index in [-0.39, 0.29) is 11.9 Å². The van der Waals surface area contributed by atoms with Crippen LogP contribution in [0.1, 0.15) is 24.4 Å². The van der Waals surface area contributed by atoms with Crippen LogP contribution in [0.2, 0.25) is 0 Å². The minimum Gasteiger partial charge on any atom is -0.310 e. The molecule has 1 atom stereocenters. The van der Waals surface area contributed by atoms with Crippen LogP contribution in [0.3, 0.4) is 0 Å². The van der Waals surface area contributed by atoms with Gasteiger partial charge in [-0.1, -0.05) is 19.1 Å². The Hall–Kier alpha value is -1.82. The van der Waals surface area contributed by atoms with Gasteiger partial charge in [-0.25, -0.2) is 4.39 Å². The SMILES string of the molecule is CCNC(Cc1nnn(C)n1)c1ccc(F)cc1. The van der Waals surface area contributed by atoms with Gasteiger partial charge in [0.1, 0.15) is 5.82 Å². The van der Waals surface area contributed by atoms with E-state index in [0.29, 0.717) is 12.2 Å². The number of nitrogens with one attached hydrogen (secondary N) is 1. The summed E-state index contributed by atoms with van der Waals surface area (Å²) in [5.41, 5.74) is 1.02. The molecule has 0 spiro atoms. The molecule has 0 saturated heterocycles. The molecule has 0 amide bonds. The summed E-state index contributed by atoms with van der Waals surface area (Å²) in [7, 11) is 1.73. The zero-order chi connectivity index (χ0) is 13.0. The van der Waals surface area contributed by atoms with Gasteiger partial charge in [-0.15, -0.1) is 10.2 Å². The lowest BCUT2D eigenvalue weighted by Crippen LogP contribution is -2.23. The lowest BCUT2D eigenvalue weighted by Gasteiger charge is -2.16. The second kappa shape index (κ2) is 5.68. The summed E-state index contributed by atoms with van der Waals surface area (Å²) >= 11 is 0. The monoisotopic (exact) mass is 249 g/mol. The van der Waals surface area contributed by atoms with Crippen molar-refractivity contribution < 1.29 is 4.39 Å². The maximum atomic E-state index is 12.9. The Kier molecular flexibility index (Phi) is 3.99. The van der Waals surface area contributed by atoms with Gasteiger partial charge in [0.15, 0.2) is 5.82 Å². The van der Waals surface area contributed by atoms with Gasteiger partial charge in [0, 0.05) is 12.5 Å². The summed E-state index contributed by atoms with van der Waals surface area (Å²) in [5, 5.41) is 15.3. The zero-order valence-electron chi connectivity index (χ0n) is 10.5.